The molecule has 6 atom stereocenters. The maximum absolute atomic E-state index is 15.3. The van der Waals surface area contributed by atoms with E-state index in [1.807, 2.05) is 0 Å². The lowest BCUT2D eigenvalue weighted by Gasteiger charge is -2.24. The van der Waals surface area contributed by atoms with Crippen LogP contribution in [0.5, 0.6) is 0 Å². The Bertz CT molecular complexity index is 943. The van der Waals surface area contributed by atoms with Gasteiger partial charge in [0.05, 0.1) is 0 Å². The highest BCUT2D eigenvalue weighted by atomic mass is 31.1. The number of anilines is 1. The van der Waals surface area contributed by atoms with Crippen LogP contribution in [-0.4, -0.2) is 57.0 Å². The number of nitrogens with two attached hydrogens (primary N) is 1. The molecule has 0 amide bonds. The van der Waals surface area contributed by atoms with Crippen molar-refractivity contribution in [1.29, 1.82) is 0 Å². The normalized spacial score (nSPS) is 31.8. The van der Waals surface area contributed by atoms with Crippen LogP contribution in [0, 0.1) is 0 Å². The van der Waals surface area contributed by atoms with E-state index >= 15 is 8.78 Å². The summed E-state index contributed by atoms with van der Waals surface area (Å²) in [6.45, 7) is 1.10. The van der Waals surface area contributed by atoms with Gasteiger partial charge in [-0.2, -0.15) is 4.98 Å². The van der Waals surface area contributed by atoms with E-state index in [-0.39, 0.29) is 11.9 Å². The average Bonchev–Trinajstić information content (AvgIpc) is 2.93. The van der Waals surface area contributed by atoms with Gasteiger partial charge < -0.3 is 20.3 Å². The standard InChI is InChI=1S/C19H27F2N4O7P/c1-11(14(26)31-12-6-4-3-5-7-12)24-33(29)30-10-19(21)15(27)18(2,20)16(32-19)25-9-8-13(22)23-17(25)28/h8-9,11-12,15-16,27H,3-7,10H2,1-2H3,(H2-,22,23,24,28,29)/p+1/t11-,15-,16+,18+,19+/m0/s1. The minimum atomic E-state index is -3.15. The topological polar surface area (TPSA) is 155 Å². The number of nitrogens with one attached hydrogen (secondary N) is 1. The number of esters is 1. The number of aliphatic hydroxyl groups is 1. The molecule has 2 aliphatic rings. The summed E-state index contributed by atoms with van der Waals surface area (Å²) >= 11 is 0. The van der Waals surface area contributed by atoms with Gasteiger partial charge in [-0.3, -0.25) is 9.36 Å². The predicted molar refractivity (Wildman–Crippen MR) is 112 cm³/mol. The number of nitrogen functional groups attached to an aromatic ring is 1. The molecule has 0 bridgehead atoms. The summed E-state index contributed by atoms with van der Waals surface area (Å²) in [7, 11) is -2.80. The molecule has 1 aliphatic carbocycles. The Kier molecular flexibility index (Phi) is 7.80. The Morgan fingerprint density at radius 2 is 2.12 bits per heavy atom. The minimum absolute atomic E-state index is 0.135. The van der Waals surface area contributed by atoms with Crippen LogP contribution in [0.3, 0.4) is 0 Å². The van der Waals surface area contributed by atoms with E-state index in [1.54, 1.807) is 0 Å². The molecule has 33 heavy (non-hydrogen) atoms. The fourth-order valence-electron chi connectivity index (χ4n) is 3.81. The zero-order chi connectivity index (χ0) is 24.4. The molecule has 0 spiro atoms. The SMILES string of the molecule is C[C@H](N[P+](=O)OC[C@@]1(F)O[C@@H](n2ccc(N)nc2=O)[C@](C)(F)[C@@H]1O)C(=O)OC1CCCCC1. The molecule has 2 fully saturated rings. The fourth-order valence-corrected chi connectivity index (χ4v) is 4.60. The van der Waals surface area contributed by atoms with E-state index in [4.69, 9.17) is 19.7 Å². The van der Waals surface area contributed by atoms with Crippen molar-refractivity contribution in [3.05, 3.63) is 22.7 Å². The van der Waals surface area contributed by atoms with Crippen LogP contribution in [0.25, 0.3) is 0 Å². The number of carbonyl (C=O) groups is 1. The molecule has 0 aromatic carbocycles. The Labute approximate surface area is 189 Å². The summed E-state index contributed by atoms with van der Waals surface area (Å²) in [5.74, 6) is -3.91. The molecular weight excluding hydrogens is 465 g/mol. The molecule has 14 heteroatoms. The van der Waals surface area contributed by atoms with Crippen molar-refractivity contribution in [2.45, 2.75) is 82.0 Å². The third kappa shape index (κ3) is 5.72. The van der Waals surface area contributed by atoms with Crippen molar-refractivity contribution < 1.29 is 37.2 Å². The van der Waals surface area contributed by atoms with Gasteiger partial charge in [-0.15, -0.1) is 4.52 Å². The number of hydrogen-bond acceptors (Lipinski definition) is 9. The third-order valence-corrected chi connectivity index (χ3v) is 6.67. The van der Waals surface area contributed by atoms with E-state index in [1.165, 1.54) is 13.0 Å². The molecular formula is C19H28F2N4O7P+. The lowest BCUT2D eigenvalue weighted by molar-refractivity contribution is -0.202. The van der Waals surface area contributed by atoms with Crippen LogP contribution in [-0.2, 0) is 23.4 Å². The quantitative estimate of drug-likeness (QED) is 0.359. The lowest BCUT2D eigenvalue weighted by Crippen LogP contribution is -2.47. The lowest BCUT2D eigenvalue weighted by atomic mass is 9.97. The van der Waals surface area contributed by atoms with Crippen molar-refractivity contribution >= 4 is 20.0 Å². The molecule has 1 aromatic rings. The molecule has 4 N–H and O–H groups in total. The maximum Gasteiger partial charge on any atom is 0.614 e. The van der Waals surface area contributed by atoms with Crippen molar-refractivity contribution in [2.24, 2.45) is 0 Å². The number of ether oxygens (including phenoxy) is 2. The van der Waals surface area contributed by atoms with Crippen molar-refractivity contribution in [3.63, 3.8) is 0 Å². The van der Waals surface area contributed by atoms with Gasteiger partial charge in [0.2, 0.25) is 0 Å². The monoisotopic (exact) mass is 493 g/mol. The summed E-state index contributed by atoms with van der Waals surface area (Å²) in [4.78, 5) is 27.6. The van der Waals surface area contributed by atoms with E-state index < -0.39 is 56.3 Å². The van der Waals surface area contributed by atoms with Crippen LogP contribution in [0.1, 0.15) is 52.2 Å². The Morgan fingerprint density at radius 1 is 1.45 bits per heavy atom. The van der Waals surface area contributed by atoms with E-state index in [2.05, 4.69) is 10.1 Å². The molecule has 2 heterocycles. The first-order chi connectivity index (χ1) is 15.4. The minimum Gasteiger partial charge on any atom is -0.461 e. The second kappa shape index (κ2) is 10.1. The molecule has 3 rings (SSSR count). The molecule has 184 valence electrons. The number of carbonyl (C=O) groups excluding carboxylic acids is 1. The fraction of sp³-hybridized carbons (Fsp3) is 0.737. The van der Waals surface area contributed by atoms with Crippen LogP contribution in [0.2, 0.25) is 0 Å². The zero-order valence-corrected chi connectivity index (χ0v) is 19.2. The van der Waals surface area contributed by atoms with Crippen LogP contribution in [0.4, 0.5) is 14.6 Å². The molecule has 11 nitrogen and oxygen atoms in total. The van der Waals surface area contributed by atoms with Gasteiger partial charge in [0.25, 0.3) is 5.85 Å². The number of rotatable bonds is 8. The Morgan fingerprint density at radius 3 is 2.76 bits per heavy atom. The van der Waals surface area contributed by atoms with Crippen molar-refractivity contribution in [2.75, 3.05) is 12.3 Å². The van der Waals surface area contributed by atoms with Gasteiger partial charge in [0.15, 0.2) is 24.6 Å². The predicted octanol–water partition coefficient (Wildman–Crippen LogP) is 1.64. The highest BCUT2D eigenvalue weighted by Gasteiger charge is 2.65. The second-order valence-electron chi connectivity index (χ2n) is 8.43. The summed E-state index contributed by atoms with van der Waals surface area (Å²) in [5, 5.41) is 12.6. The molecule has 1 aliphatic heterocycles. The van der Waals surface area contributed by atoms with Gasteiger partial charge in [-0.25, -0.2) is 13.6 Å². The van der Waals surface area contributed by atoms with Gasteiger partial charge in [0.1, 0.15) is 18.0 Å². The number of hydrogen-bond donors (Lipinski definition) is 3. The van der Waals surface area contributed by atoms with Crippen LogP contribution in [0.15, 0.2) is 17.1 Å². The number of nitrogens with zero attached hydrogens (tertiary/aromatic N) is 2. The number of alkyl halides is 2. The number of aliphatic hydroxyl groups excluding tert-OH is 1. The molecule has 1 saturated carbocycles. The smallest absolute Gasteiger partial charge is 0.461 e. The van der Waals surface area contributed by atoms with E-state index in [9.17, 15) is 19.3 Å². The van der Waals surface area contributed by atoms with Crippen LogP contribution >= 0.6 is 8.18 Å². The van der Waals surface area contributed by atoms with Crippen molar-refractivity contribution in [3.8, 4) is 0 Å². The van der Waals surface area contributed by atoms with E-state index in [0.29, 0.717) is 4.57 Å². The van der Waals surface area contributed by atoms with Crippen molar-refractivity contribution in [1.82, 2.24) is 14.6 Å². The van der Waals surface area contributed by atoms with Crippen LogP contribution < -0.4 is 16.5 Å². The maximum atomic E-state index is 15.3. The first-order valence-corrected chi connectivity index (χ1v) is 11.8. The van der Waals surface area contributed by atoms with E-state index in [0.717, 1.165) is 45.2 Å². The Hall–Kier alpha value is -2.05. The largest absolute Gasteiger partial charge is 0.614 e. The average molecular weight is 493 g/mol. The van der Waals surface area contributed by atoms with Gasteiger partial charge in [0, 0.05) is 6.20 Å². The van der Waals surface area contributed by atoms with Gasteiger partial charge >= 0.3 is 19.8 Å². The third-order valence-electron chi connectivity index (χ3n) is 5.70. The summed E-state index contributed by atoms with van der Waals surface area (Å²) in [6, 6.07) is 0.162. The second-order valence-corrected chi connectivity index (χ2v) is 9.46. The summed E-state index contributed by atoms with van der Waals surface area (Å²) < 4.78 is 58.5. The molecule has 1 aromatic heterocycles. The van der Waals surface area contributed by atoms with Gasteiger partial charge in [-0.1, -0.05) is 11.5 Å². The molecule has 1 unspecified atom stereocenters. The highest BCUT2D eigenvalue weighted by molar-refractivity contribution is 7.36. The first kappa shape index (κ1) is 25.6. The van der Waals surface area contributed by atoms with Gasteiger partial charge in [-0.05, 0) is 50.2 Å². The highest BCUT2D eigenvalue weighted by Crippen LogP contribution is 2.48. The zero-order valence-electron chi connectivity index (χ0n) is 18.3. The first-order valence-electron chi connectivity index (χ1n) is 10.6. The molecule has 0 radical (unpaired) electrons. The number of halogens is 2. The summed E-state index contributed by atoms with van der Waals surface area (Å²) in [6.07, 6.45) is 1.10. The molecule has 1 saturated heterocycles. The Balaban J connectivity index is 1.58. The summed E-state index contributed by atoms with van der Waals surface area (Å²) in [5.41, 5.74) is 1.61. The number of aromatic nitrogens is 2.